The predicted octanol–water partition coefficient (Wildman–Crippen LogP) is 7.34. The molecule has 26 heavy (non-hydrogen) atoms. The number of rotatable bonds is 12. The van der Waals surface area contributed by atoms with Gasteiger partial charge in [0.2, 0.25) is 0 Å². The highest BCUT2D eigenvalue weighted by Crippen LogP contribution is 2.37. The standard InChI is InChI=1S/C22H30Br2O2/c1-17-9-10-19-20(15-17)21(25-13-7-3-5-11-23)16-18(2)22(19)26-14-8-4-6-12-24/h9-10,15-16H,3-8,11-14H2,1-2H3. The van der Waals surface area contributed by atoms with Crippen LogP contribution in [0.1, 0.15) is 49.7 Å². The molecule has 2 rings (SSSR count). The summed E-state index contributed by atoms with van der Waals surface area (Å²) in [6, 6.07) is 8.67. The molecule has 0 unspecified atom stereocenters. The third-order valence-corrected chi connectivity index (χ3v) is 5.57. The van der Waals surface area contributed by atoms with Crippen LogP contribution in [-0.4, -0.2) is 23.9 Å². The normalized spacial score (nSPS) is 11.1. The third-order valence-electron chi connectivity index (χ3n) is 4.45. The van der Waals surface area contributed by atoms with Crippen molar-refractivity contribution in [1.29, 1.82) is 0 Å². The quantitative estimate of drug-likeness (QED) is 0.231. The Bertz CT molecular complexity index is 685. The van der Waals surface area contributed by atoms with Crippen molar-refractivity contribution < 1.29 is 9.47 Å². The Morgan fingerprint density at radius 2 is 1.38 bits per heavy atom. The van der Waals surface area contributed by atoms with Crippen molar-refractivity contribution in [2.75, 3.05) is 23.9 Å². The van der Waals surface area contributed by atoms with Crippen LogP contribution in [0, 0.1) is 13.8 Å². The largest absolute Gasteiger partial charge is 0.493 e. The fraction of sp³-hybridized carbons (Fsp3) is 0.545. The van der Waals surface area contributed by atoms with Gasteiger partial charge in [0.15, 0.2) is 0 Å². The zero-order valence-electron chi connectivity index (χ0n) is 16.0. The topological polar surface area (TPSA) is 18.5 Å². The number of alkyl halides is 2. The van der Waals surface area contributed by atoms with Gasteiger partial charge in [0.25, 0.3) is 0 Å². The molecule has 0 atom stereocenters. The van der Waals surface area contributed by atoms with Gasteiger partial charge in [-0.2, -0.15) is 0 Å². The summed E-state index contributed by atoms with van der Waals surface area (Å²) >= 11 is 6.96. The lowest BCUT2D eigenvalue weighted by Crippen LogP contribution is -2.03. The van der Waals surface area contributed by atoms with E-state index < -0.39 is 0 Å². The summed E-state index contributed by atoms with van der Waals surface area (Å²) in [4.78, 5) is 0. The lowest BCUT2D eigenvalue weighted by Gasteiger charge is -2.17. The highest BCUT2D eigenvalue weighted by atomic mass is 79.9. The number of ether oxygens (including phenoxy) is 2. The van der Waals surface area contributed by atoms with Gasteiger partial charge in [0.05, 0.1) is 13.2 Å². The van der Waals surface area contributed by atoms with Crippen molar-refractivity contribution in [2.45, 2.75) is 52.4 Å². The van der Waals surface area contributed by atoms with E-state index in [4.69, 9.17) is 9.47 Å². The second-order valence-electron chi connectivity index (χ2n) is 6.77. The molecule has 0 spiro atoms. The average Bonchev–Trinajstić information content (AvgIpc) is 2.63. The summed E-state index contributed by atoms with van der Waals surface area (Å²) in [6.45, 7) is 5.77. The summed E-state index contributed by atoms with van der Waals surface area (Å²) in [5, 5.41) is 4.45. The zero-order valence-corrected chi connectivity index (χ0v) is 19.1. The molecule has 0 aliphatic heterocycles. The number of halogens is 2. The predicted molar refractivity (Wildman–Crippen MR) is 120 cm³/mol. The SMILES string of the molecule is Cc1ccc2c(OCCCCCBr)c(C)cc(OCCCCCBr)c2c1. The van der Waals surface area contributed by atoms with Crippen molar-refractivity contribution in [3.8, 4) is 11.5 Å². The van der Waals surface area contributed by atoms with Crippen LogP contribution in [0.4, 0.5) is 0 Å². The molecule has 0 aliphatic rings. The molecule has 4 heteroatoms. The summed E-state index contributed by atoms with van der Waals surface area (Å²) in [7, 11) is 0. The first-order valence-electron chi connectivity index (χ1n) is 9.59. The highest BCUT2D eigenvalue weighted by molar-refractivity contribution is 9.09. The van der Waals surface area contributed by atoms with Crippen LogP contribution in [0.3, 0.4) is 0 Å². The van der Waals surface area contributed by atoms with Gasteiger partial charge in [0, 0.05) is 21.4 Å². The number of hydrogen-bond donors (Lipinski definition) is 0. The molecule has 0 N–H and O–H groups in total. The van der Waals surface area contributed by atoms with E-state index in [1.54, 1.807) is 0 Å². The number of fused-ring (bicyclic) bond motifs is 1. The van der Waals surface area contributed by atoms with E-state index in [0.29, 0.717) is 0 Å². The maximum atomic E-state index is 6.17. The fourth-order valence-corrected chi connectivity index (χ4v) is 3.82. The Hall–Kier alpha value is -0.740. The molecule has 2 nitrogen and oxygen atoms in total. The minimum atomic E-state index is 0.766. The first-order valence-corrected chi connectivity index (χ1v) is 11.8. The third kappa shape index (κ3) is 6.45. The van der Waals surface area contributed by atoms with Crippen LogP contribution in [0.15, 0.2) is 24.3 Å². The number of unbranched alkanes of at least 4 members (excludes halogenated alkanes) is 4. The fourth-order valence-electron chi connectivity index (χ4n) is 3.03. The molecule has 0 heterocycles. The van der Waals surface area contributed by atoms with Crippen molar-refractivity contribution >= 4 is 42.6 Å². The number of benzene rings is 2. The van der Waals surface area contributed by atoms with E-state index in [9.17, 15) is 0 Å². The highest BCUT2D eigenvalue weighted by Gasteiger charge is 2.12. The van der Waals surface area contributed by atoms with E-state index in [0.717, 1.165) is 64.6 Å². The molecule has 0 amide bonds. The van der Waals surface area contributed by atoms with Crippen LogP contribution < -0.4 is 9.47 Å². The first kappa shape index (κ1) is 21.6. The van der Waals surface area contributed by atoms with Crippen LogP contribution in [0.5, 0.6) is 11.5 Å². The van der Waals surface area contributed by atoms with E-state index >= 15 is 0 Å². The van der Waals surface area contributed by atoms with E-state index in [-0.39, 0.29) is 0 Å². The van der Waals surface area contributed by atoms with Gasteiger partial charge < -0.3 is 9.47 Å². The van der Waals surface area contributed by atoms with Crippen LogP contribution >= 0.6 is 31.9 Å². The monoisotopic (exact) mass is 484 g/mol. The Balaban J connectivity index is 2.15. The Morgan fingerprint density at radius 3 is 2.04 bits per heavy atom. The van der Waals surface area contributed by atoms with E-state index in [2.05, 4.69) is 70.0 Å². The maximum absolute atomic E-state index is 6.17. The van der Waals surface area contributed by atoms with Gasteiger partial charge in [-0.1, -0.05) is 49.6 Å². The van der Waals surface area contributed by atoms with Gasteiger partial charge in [0.1, 0.15) is 11.5 Å². The number of aryl methyl sites for hydroxylation is 2. The Morgan fingerprint density at radius 1 is 0.731 bits per heavy atom. The molecule has 0 bridgehead atoms. The van der Waals surface area contributed by atoms with Gasteiger partial charge in [-0.25, -0.2) is 0 Å². The van der Waals surface area contributed by atoms with Crippen molar-refractivity contribution in [1.82, 2.24) is 0 Å². The van der Waals surface area contributed by atoms with Gasteiger partial charge in [-0.3, -0.25) is 0 Å². The number of hydrogen-bond acceptors (Lipinski definition) is 2. The summed E-state index contributed by atoms with van der Waals surface area (Å²) in [5.74, 6) is 1.98. The Labute approximate surface area is 174 Å². The van der Waals surface area contributed by atoms with Gasteiger partial charge >= 0.3 is 0 Å². The lowest BCUT2D eigenvalue weighted by atomic mass is 10.0. The molecule has 0 radical (unpaired) electrons. The van der Waals surface area contributed by atoms with E-state index in [1.165, 1.54) is 31.2 Å². The van der Waals surface area contributed by atoms with Crippen LogP contribution in [0.2, 0.25) is 0 Å². The molecule has 2 aromatic carbocycles. The molecule has 2 aromatic rings. The molecular weight excluding hydrogens is 456 g/mol. The summed E-state index contributed by atoms with van der Waals surface area (Å²) in [5.41, 5.74) is 2.39. The minimum absolute atomic E-state index is 0.766. The Kier molecular flexibility index (Phi) is 9.84. The van der Waals surface area contributed by atoms with Crippen molar-refractivity contribution in [2.24, 2.45) is 0 Å². The molecule has 0 saturated carbocycles. The molecule has 0 aliphatic carbocycles. The van der Waals surface area contributed by atoms with Crippen molar-refractivity contribution in [3.63, 3.8) is 0 Å². The minimum Gasteiger partial charge on any atom is -0.493 e. The van der Waals surface area contributed by atoms with E-state index in [1.807, 2.05) is 0 Å². The lowest BCUT2D eigenvalue weighted by molar-refractivity contribution is 0.302. The maximum Gasteiger partial charge on any atom is 0.130 e. The molecule has 144 valence electrons. The summed E-state index contributed by atoms with van der Waals surface area (Å²) in [6.07, 6.45) is 6.95. The molecule has 0 fully saturated rings. The average molecular weight is 486 g/mol. The molecular formula is C22H30Br2O2. The first-order chi connectivity index (χ1) is 12.7. The van der Waals surface area contributed by atoms with Crippen LogP contribution in [0.25, 0.3) is 10.8 Å². The summed E-state index contributed by atoms with van der Waals surface area (Å²) < 4.78 is 12.3. The van der Waals surface area contributed by atoms with Gasteiger partial charge in [-0.15, -0.1) is 0 Å². The van der Waals surface area contributed by atoms with Crippen LogP contribution in [-0.2, 0) is 0 Å². The molecule has 0 saturated heterocycles. The van der Waals surface area contributed by atoms with Gasteiger partial charge in [-0.05, 0) is 70.1 Å². The zero-order chi connectivity index (χ0) is 18.8. The molecule has 0 aromatic heterocycles. The second kappa shape index (κ2) is 11.9. The smallest absolute Gasteiger partial charge is 0.130 e. The van der Waals surface area contributed by atoms with Crippen molar-refractivity contribution in [3.05, 3.63) is 35.4 Å². The second-order valence-corrected chi connectivity index (χ2v) is 8.35.